The van der Waals surface area contributed by atoms with E-state index in [-0.39, 0.29) is 5.97 Å². The average Bonchev–Trinajstić information content (AvgIpc) is 2.64. The second-order valence-electron chi connectivity index (χ2n) is 5.18. The van der Waals surface area contributed by atoms with Crippen LogP contribution in [-0.4, -0.2) is 12.6 Å². The first-order valence-electron chi connectivity index (χ1n) is 5.73. The minimum Gasteiger partial charge on any atom is -0.466 e. The summed E-state index contributed by atoms with van der Waals surface area (Å²) in [7, 11) is 0. The Kier molecular flexibility index (Phi) is 2.54. The molecule has 2 heteroatoms. The van der Waals surface area contributed by atoms with Crippen LogP contribution in [0.4, 0.5) is 0 Å². The first-order valence-corrected chi connectivity index (χ1v) is 5.73. The van der Waals surface area contributed by atoms with Crippen LogP contribution in [0.1, 0.15) is 33.6 Å². The summed E-state index contributed by atoms with van der Waals surface area (Å²) in [6, 6.07) is 0. The minimum absolute atomic E-state index is 0.131. The maximum atomic E-state index is 10.7. The number of esters is 1. The van der Waals surface area contributed by atoms with Crippen molar-refractivity contribution in [3.63, 3.8) is 0 Å². The van der Waals surface area contributed by atoms with Crippen LogP contribution in [0.3, 0.4) is 0 Å². The number of hydrogen-bond donors (Lipinski definition) is 0. The van der Waals surface area contributed by atoms with Crippen molar-refractivity contribution in [1.29, 1.82) is 0 Å². The van der Waals surface area contributed by atoms with Gasteiger partial charge >= 0.3 is 5.97 Å². The van der Waals surface area contributed by atoms with Gasteiger partial charge in [-0.05, 0) is 42.4 Å². The number of fused-ring (bicyclic) bond motifs is 2. The lowest BCUT2D eigenvalue weighted by Gasteiger charge is -2.31. The molecule has 5 atom stereocenters. The molecular weight excluding hydrogens is 176 g/mol. The average molecular weight is 196 g/mol. The number of carbonyl (C=O) groups is 1. The van der Waals surface area contributed by atoms with Crippen molar-refractivity contribution in [3.05, 3.63) is 0 Å². The third-order valence-electron chi connectivity index (χ3n) is 4.53. The summed E-state index contributed by atoms with van der Waals surface area (Å²) in [4.78, 5) is 10.7. The summed E-state index contributed by atoms with van der Waals surface area (Å²) >= 11 is 0. The van der Waals surface area contributed by atoms with Crippen molar-refractivity contribution < 1.29 is 9.53 Å². The molecule has 0 aromatic rings. The van der Waals surface area contributed by atoms with Crippen LogP contribution < -0.4 is 0 Å². The molecule has 2 bridgehead atoms. The fourth-order valence-electron chi connectivity index (χ4n) is 3.51. The van der Waals surface area contributed by atoms with Crippen LogP contribution in [-0.2, 0) is 9.53 Å². The first-order chi connectivity index (χ1) is 6.59. The Morgan fingerprint density at radius 3 is 2.50 bits per heavy atom. The number of carbonyl (C=O) groups excluding carboxylic acids is 1. The maximum Gasteiger partial charge on any atom is 0.302 e. The molecule has 3 unspecified atom stereocenters. The molecule has 2 aliphatic carbocycles. The zero-order chi connectivity index (χ0) is 10.3. The smallest absolute Gasteiger partial charge is 0.302 e. The molecule has 0 saturated heterocycles. The molecule has 0 amide bonds. The summed E-state index contributed by atoms with van der Waals surface area (Å²) < 4.78 is 5.12. The van der Waals surface area contributed by atoms with E-state index >= 15 is 0 Å². The number of rotatable bonds is 2. The lowest BCUT2D eigenvalue weighted by atomic mass is 9.76. The SMILES string of the molecule is CC(=O)OCC1C[C@@H]2C[C@@H]1C(C)C2C. The van der Waals surface area contributed by atoms with Gasteiger partial charge in [0, 0.05) is 6.92 Å². The van der Waals surface area contributed by atoms with E-state index in [0.717, 1.165) is 23.7 Å². The first kappa shape index (κ1) is 10.0. The maximum absolute atomic E-state index is 10.7. The van der Waals surface area contributed by atoms with Gasteiger partial charge in [-0.1, -0.05) is 13.8 Å². The molecule has 80 valence electrons. The molecule has 0 spiro atoms. The van der Waals surface area contributed by atoms with Gasteiger partial charge in [0.25, 0.3) is 0 Å². The highest BCUT2D eigenvalue weighted by molar-refractivity contribution is 5.65. The van der Waals surface area contributed by atoms with Crippen LogP contribution in [0.2, 0.25) is 0 Å². The van der Waals surface area contributed by atoms with Gasteiger partial charge in [0.05, 0.1) is 6.61 Å². The topological polar surface area (TPSA) is 26.3 Å². The van der Waals surface area contributed by atoms with Crippen molar-refractivity contribution in [2.24, 2.45) is 29.6 Å². The zero-order valence-corrected chi connectivity index (χ0v) is 9.32. The van der Waals surface area contributed by atoms with Crippen molar-refractivity contribution >= 4 is 5.97 Å². The van der Waals surface area contributed by atoms with E-state index in [1.54, 1.807) is 0 Å². The van der Waals surface area contributed by atoms with Crippen LogP contribution in [0.25, 0.3) is 0 Å². The Balaban J connectivity index is 1.90. The van der Waals surface area contributed by atoms with E-state index in [2.05, 4.69) is 13.8 Å². The Labute approximate surface area is 86.0 Å². The Bertz CT molecular complexity index is 234. The minimum atomic E-state index is -0.131. The molecule has 0 aliphatic heterocycles. The molecule has 0 aromatic heterocycles. The number of ether oxygens (including phenoxy) is 1. The highest BCUT2D eigenvalue weighted by Crippen LogP contribution is 2.54. The molecule has 2 aliphatic rings. The van der Waals surface area contributed by atoms with Crippen LogP contribution in [0.5, 0.6) is 0 Å². The molecule has 0 radical (unpaired) electrons. The summed E-state index contributed by atoms with van der Waals surface area (Å²) in [6.07, 6.45) is 2.65. The van der Waals surface area contributed by atoms with Crippen molar-refractivity contribution in [2.45, 2.75) is 33.6 Å². The fraction of sp³-hybridized carbons (Fsp3) is 0.917. The number of hydrogen-bond acceptors (Lipinski definition) is 2. The van der Waals surface area contributed by atoms with Gasteiger partial charge in [-0.2, -0.15) is 0 Å². The van der Waals surface area contributed by atoms with Crippen molar-refractivity contribution in [1.82, 2.24) is 0 Å². The van der Waals surface area contributed by atoms with Gasteiger partial charge in [0.15, 0.2) is 0 Å². The Morgan fingerprint density at radius 2 is 2.00 bits per heavy atom. The highest BCUT2D eigenvalue weighted by Gasteiger charge is 2.48. The summed E-state index contributed by atoms with van der Waals surface area (Å²) in [5, 5.41) is 0. The second kappa shape index (κ2) is 3.56. The Hall–Kier alpha value is -0.530. The molecule has 2 saturated carbocycles. The van der Waals surface area contributed by atoms with Crippen molar-refractivity contribution in [3.8, 4) is 0 Å². The molecule has 0 N–H and O–H groups in total. The predicted octanol–water partition coefficient (Wildman–Crippen LogP) is 2.48. The van der Waals surface area contributed by atoms with Crippen LogP contribution in [0, 0.1) is 29.6 Å². The van der Waals surface area contributed by atoms with E-state index in [1.807, 2.05) is 0 Å². The third-order valence-corrected chi connectivity index (χ3v) is 4.53. The lowest BCUT2D eigenvalue weighted by molar-refractivity contribution is -0.143. The van der Waals surface area contributed by atoms with Gasteiger partial charge in [-0.3, -0.25) is 4.79 Å². The van der Waals surface area contributed by atoms with Crippen LogP contribution >= 0.6 is 0 Å². The largest absolute Gasteiger partial charge is 0.466 e. The molecule has 2 rings (SSSR count). The van der Waals surface area contributed by atoms with E-state index in [9.17, 15) is 4.79 Å². The quantitative estimate of drug-likeness (QED) is 0.634. The highest BCUT2D eigenvalue weighted by atomic mass is 16.5. The third kappa shape index (κ3) is 1.55. The molecule has 0 heterocycles. The monoisotopic (exact) mass is 196 g/mol. The van der Waals surface area contributed by atoms with E-state index in [4.69, 9.17) is 4.74 Å². The van der Waals surface area contributed by atoms with Crippen molar-refractivity contribution in [2.75, 3.05) is 6.61 Å². The van der Waals surface area contributed by atoms with E-state index < -0.39 is 0 Å². The fourth-order valence-corrected chi connectivity index (χ4v) is 3.51. The van der Waals surface area contributed by atoms with Gasteiger partial charge in [-0.15, -0.1) is 0 Å². The normalized spacial score (nSPS) is 45.5. The zero-order valence-electron chi connectivity index (χ0n) is 9.32. The molecule has 14 heavy (non-hydrogen) atoms. The van der Waals surface area contributed by atoms with Gasteiger partial charge in [0.1, 0.15) is 0 Å². The van der Waals surface area contributed by atoms with Gasteiger partial charge in [0.2, 0.25) is 0 Å². The Morgan fingerprint density at radius 1 is 1.29 bits per heavy atom. The van der Waals surface area contributed by atoms with Crippen LogP contribution in [0.15, 0.2) is 0 Å². The van der Waals surface area contributed by atoms with E-state index in [1.165, 1.54) is 19.8 Å². The molecule has 0 aromatic carbocycles. The predicted molar refractivity (Wildman–Crippen MR) is 54.7 cm³/mol. The molecule has 2 nitrogen and oxygen atoms in total. The lowest BCUT2D eigenvalue weighted by Crippen LogP contribution is -2.27. The van der Waals surface area contributed by atoms with Gasteiger partial charge in [-0.25, -0.2) is 0 Å². The summed E-state index contributed by atoms with van der Waals surface area (Å²) in [5.41, 5.74) is 0. The second-order valence-corrected chi connectivity index (χ2v) is 5.18. The van der Waals surface area contributed by atoms with Gasteiger partial charge < -0.3 is 4.74 Å². The molecular formula is C12H20O2. The van der Waals surface area contributed by atoms with E-state index in [0.29, 0.717) is 12.5 Å². The summed E-state index contributed by atoms with van der Waals surface area (Å²) in [6.45, 7) is 6.89. The standard InChI is InChI=1S/C12H20O2/c1-7-8(2)12-5-10(7)4-11(12)6-14-9(3)13/h7-8,10-12H,4-6H2,1-3H3/t7?,8?,10-,11?,12-/m1/s1. The summed E-state index contributed by atoms with van der Waals surface area (Å²) in [5.74, 6) is 3.94. The molecule has 2 fully saturated rings.